The smallest absolute Gasteiger partial charge is 0.265 e. The lowest BCUT2D eigenvalue weighted by molar-refractivity contribution is 0.853. The van der Waals surface area contributed by atoms with Crippen molar-refractivity contribution < 1.29 is 0 Å². The molecule has 0 fully saturated rings. The standard InChI is InChI=1S/C4HClN4OS/c5-3-8-9-2(10)1-6-7-4(9)11-3/h1H. The van der Waals surface area contributed by atoms with Gasteiger partial charge < -0.3 is 0 Å². The number of hydrogen-bond acceptors (Lipinski definition) is 5. The van der Waals surface area contributed by atoms with Crippen LogP contribution in [-0.4, -0.2) is 19.8 Å². The third kappa shape index (κ3) is 0.997. The fourth-order valence-electron chi connectivity index (χ4n) is 0.649. The number of halogens is 1. The van der Waals surface area contributed by atoms with Gasteiger partial charge in [-0.25, -0.2) is 0 Å². The first-order valence-electron chi connectivity index (χ1n) is 2.64. The van der Waals surface area contributed by atoms with Crippen molar-refractivity contribution in [1.29, 1.82) is 0 Å². The second-order valence-electron chi connectivity index (χ2n) is 1.73. The molecule has 2 aromatic heterocycles. The molecule has 56 valence electrons. The molecule has 7 heteroatoms. The molecule has 0 aromatic carbocycles. The highest BCUT2D eigenvalue weighted by molar-refractivity contribution is 7.20. The zero-order valence-electron chi connectivity index (χ0n) is 5.06. The van der Waals surface area contributed by atoms with Crippen molar-refractivity contribution in [3.8, 4) is 0 Å². The second kappa shape index (κ2) is 2.24. The van der Waals surface area contributed by atoms with E-state index in [0.29, 0.717) is 4.96 Å². The van der Waals surface area contributed by atoms with E-state index in [0.717, 1.165) is 22.0 Å². The van der Waals surface area contributed by atoms with Gasteiger partial charge in [-0.15, -0.1) is 10.2 Å². The lowest BCUT2D eigenvalue weighted by Gasteiger charge is -1.82. The lowest BCUT2D eigenvalue weighted by Crippen LogP contribution is -2.13. The van der Waals surface area contributed by atoms with Crippen LogP contribution in [0.4, 0.5) is 0 Å². The van der Waals surface area contributed by atoms with Gasteiger partial charge in [0.1, 0.15) is 6.20 Å². The summed E-state index contributed by atoms with van der Waals surface area (Å²) in [5, 5.41) is 10.8. The lowest BCUT2D eigenvalue weighted by atomic mass is 10.9. The van der Waals surface area contributed by atoms with E-state index in [9.17, 15) is 4.79 Å². The summed E-state index contributed by atoms with van der Waals surface area (Å²) in [6.07, 6.45) is 1.09. The molecule has 0 radical (unpaired) electrons. The Balaban J connectivity index is 3.02. The van der Waals surface area contributed by atoms with Crippen LogP contribution in [0.1, 0.15) is 0 Å². The fraction of sp³-hybridized carbons (Fsp3) is 0. The van der Waals surface area contributed by atoms with Crippen molar-refractivity contribution in [1.82, 2.24) is 19.8 Å². The van der Waals surface area contributed by atoms with Crippen LogP contribution < -0.4 is 5.56 Å². The van der Waals surface area contributed by atoms with E-state index in [-0.39, 0.29) is 10.0 Å². The van der Waals surface area contributed by atoms with E-state index in [1.54, 1.807) is 0 Å². The van der Waals surface area contributed by atoms with Gasteiger partial charge in [0.2, 0.25) is 9.43 Å². The quantitative estimate of drug-likeness (QED) is 0.593. The first-order valence-corrected chi connectivity index (χ1v) is 3.84. The molecule has 0 unspecified atom stereocenters. The molecular formula is C4HClN4OS. The van der Waals surface area contributed by atoms with Crippen LogP contribution in [0.5, 0.6) is 0 Å². The zero-order chi connectivity index (χ0) is 7.84. The van der Waals surface area contributed by atoms with Crippen molar-refractivity contribution in [3.05, 3.63) is 21.0 Å². The predicted octanol–water partition coefficient (Wildman–Crippen LogP) is 0.199. The molecule has 11 heavy (non-hydrogen) atoms. The maximum absolute atomic E-state index is 10.9. The highest BCUT2D eigenvalue weighted by atomic mass is 35.5. The van der Waals surface area contributed by atoms with Crippen molar-refractivity contribution in [2.24, 2.45) is 0 Å². The van der Waals surface area contributed by atoms with E-state index in [1.807, 2.05) is 0 Å². The summed E-state index contributed by atoms with van der Waals surface area (Å²) in [5.41, 5.74) is -0.321. The minimum atomic E-state index is -0.321. The molecule has 5 nitrogen and oxygen atoms in total. The molecule has 2 rings (SSSR count). The highest BCUT2D eigenvalue weighted by Crippen LogP contribution is 2.14. The van der Waals surface area contributed by atoms with Gasteiger partial charge in [-0.2, -0.15) is 9.61 Å². The Morgan fingerprint density at radius 1 is 1.64 bits per heavy atom. The van der Waals surface area contributed by atoms with Gasteiger partial charge in [-0.05, 0) is 11.6 Å². The number of nitrogens with zero attached hydrogens (tertiary/aromatic N) is 4. The molecule has 0 spiro atoms. The average Bonchev–Trinajstić information content (AvgIpc) is 2.31. The first-order chi connectivity index (χ1) is 5.27. The van der Waals surface area contributed by atoms with Crippen molar-refractivity contribution in [3.63, 3.8) is 0 Å². The molecular weight excluding hydrogens is 188 g/mol. The van der Waals surface area contributed by atoms with E-state index in [2.05, 4.69) is 15.3 Å². The second-order valence-corrected chi connectivity index (χ2v) is 3.27. The van der Waals surface area contributed by atoms with Crippen LogP contribution in [-0.2, 0) is 0 Å². The van der Waals surface area contributed by atoms with Crippen LogP contribution in [0.2, 0.25) is 4.47 Å². The number of fused-ring (bicyclic) bond motifs is 1. The largest absolute Gasteiger partial charge is 0.293 e. The summed E-state index contributed by atoms with van der Waals surface area (Å²) in [6.45, 7) is 0. The molecule has 2 aromatic rings. The van der Waals surface area contributed by atoms with Crippen LogP contribution in [0.15, 0.2) is 11.0 Å². The Morgan fingerprint density at radius 2 is 2.45 bits per heavy atom. The van der Waals surface area contributed by atoms with E-state index < -0.39 is 0 Å². The minimum Gasteiger partial charge on any atom is -0.265 e. The number of hydrogen-bond donors (Lipinski definition) is 0. The molecule has 0 atom stereocenters. The summed E-state index contributed by atoms with van der Waals surface area (Å²) in [5.74, 6) is 0. The molecule has 0 amide bonds. The number of aromatic nitrogens is 4. The van der Waals surface area contributed by atoms with E-state index >= 15 is 0 Å². The molecule has 0 bridgehead atoms. The van der Waals surface area contributed by atoms with E-state index in [1.165, 1.54) is 0 Å². The normalized spacial score (nSPS) is 10.6. The van der Waals surface area contributed by atoms with Crippen molar-refractivity contribution in [2.75, 3.05) is 0 Å². The summed E-state index contributed by atoms with van der Waals surface area (Å²) >= 11 is 6.64. The topological polar surface area (TPSA) is 60.2 Å². The Bertz CT molecular complexity index is 449. The SMILES string of the molecule is O=c1cnnc2sc(Cl)nn12. The van der Waals surface area contributed by atoms with Gasteiger partial charge in [0.25, 0.3) is 5.56 Å². The zero-order valence-corrected chi connectivity index (χ0v) is 6.63. The fourth-order valence-corrected chi connectivity index (χ4v) is 1.51. The van der Waals surface area contributed by atoms with Crippen LogP contribution in [0, 0.1) is 0 Å². The van der Waals surface area contributed by atoms with Crippen molar-refractivity contribution >= 4 is 27.9 Å². The summed E-state index contributed by atoms with van der Waals surface area (Å²) < 4.78 is 1.39. The number of rotatable bonds is 0. The van der Waals surface area contributed by atoms with E-state index in [4.69, 9.17) is 11.6 Å². The molecule has 0 N–H and O–H groups in total. The van der Waals surface area contributed by atoms with Crippen LogP contribution in [0.25, 0.3) is 4.96 Å². The summed E-state index contributed by atoms with van der Waals surface area (Å²) in [4.78, 5) is 11.3. The molecule has 0 aliphatic rings. The molecule has 0 aliphatic heterocycles. The summed E-state index contributed by atoms with van der Waals surface area (Å²) in [6, 6.07) is 0. The van der Waals surface area contributed by atoms with Crippen LogP contribution >= 0.6 is 22.9 Å². The molecule has 0 saturated heterocycles. The molecule has 0 aliphatic carbocycles. The van der Waals surface area contributed by atoms with Crippen molar-refractivity contribution in [2.45, 2.75) is 0 Å². The summed E-state index contributed by atoms with van der Waals surface area (Å²) in [7, 11) is 0. The Hall–Kier alpha value is -1.01. The van der Waals surface area contributed by atoms with Gasteiger partial charge >= 0.3 is 0 Å². The maximum Gasteiger partial charge on any atom is 0.293 e. The van der Waals surface area contributed by atoms with Gasteiger partial charge in [0, 0.05) is 0 Å². The van der Waals surface area contributed by atoms with Gasteiger partial charge in [0.05, 0.1) is 0 Å². The first kappa shape index (κ1) is 6.68. The highest BCUT2D eigenvalue weighted by Gasteiger charge is 2.02. The predicted molar refractivity (Wildman–Crippen MR) is 39.9 cm³/mol. The minimum absolute atomic E-state index is 0.280. The third-order valence-corrected chi connectivity index (χ3v) is 2.05. The van der Waals surface area contributed by atoms with Gasteiger partial charge in [-0.3, -0.25) is 4.79 Å². The van der Waals surface area contributed by atoms with Gasteiger partial charge in [0.15, 0.2) is 0 Å². The molecule has 0 saturated carbocycles. The molecule has 2 heterocycles. The average molecular weight is 189 g/mol. The maximum atomic E-state index is 10.9. The third-order valence-electron chi connectivity index (χ3n) is 1.06. The monoisotopic (exact) mass is 188 g/mol. The Labute approximate surface area is 69.3 Å². The Morgan fingerprint density at radius 3 is 3.18 bits per heavy atom. The Kier molecular flexibility index (Phi) is 1.36. The van der Waals surface area contributed by atoms with Crippen LogP contribution in [0.3, 0.4) is 0 Å². The van der Waals surface area contributed by atoms with Gasteiger partial charge in [-0.1, -0.05) is 11.3 Å².